The molecule has 1 aliphatic heterocycles. The van der Waals surface area contributed by atoms with Gasteiger partial charge in [0.2, 0.25) is 11.8 Å². The summed E-state index contributed by atoms with van der Waals surface area (Å²) in [5.74, 6) is -0.273. The van der Waals surface area contributed by atoms with Crippen LogP contribution in [-0.2, 0) is 9.59 Å². The summed E-state index contributed by atoms with van der Waals surface area (Å²) >= 11 is 0. The first kappa shape index (κ1) is 20.1. The number of hydrogen-bond acceptors (Lipinski definition) is 2. The Labute approximate surface area is 165 Å². The van der Waals surface area contributed by atoms with E-state index in [0.29, 0.717) is 25.1 Å². The number of carbonyl (C=O) groups is 2. The van der Waals surface area contributed by atoms with Crippen molar-refractivity contribution >= 4 is 11.8 Å². The van der Waals surface area contributed by atoms with Gasteiger partial charge in [0.15, 0.2) is 0 Å². The van der Waals surface area contributed by atoms with Gasteiger partial charge >= 0.3 is 0 Å². The van der Waals surface area contributed by atoms with E-state index in [4.69, 9.17) is 0 Å². The van der Waals surface area contributed by atoms with E-state index < -0.39 is 6.04 Å². The summed E-state index contributed by atoms with van der Waals surface area (Å²) in [6.07, 6.45) is 0.339. The SMILES string of the molecule is Cc1ccc(C(CC(=O)N2CCNC(=O)C2c2ccc(F)cc2)C(C)C)cc1. The number of rotatable bonds is 5. The van der Waals surface area contributed by atoms with Crippen molar-refractivity contribution in [1.29, 1.82) is 0 Å². The number of hydrogen-bond donors (Lipinski definition) is 1. The number of halogens is 1. The second-order valence-corrected chi connectivity index (χ2v) is 7.80. The molecule has 0 saturated carbocycles. The number of benzene rings is 2. The second-order valence-electron chi connectivity index (χ2n) is 7.80. The van der Waals surface area contributed by atoms with E-state index in [1.54, 1.807) is 17.0 Å². The predicted octanol–water partition coefficient (Wildman–Crippen LogP) is 3.96. The number of nitrogens with zero attached hydrogens (tertiary/aromatic N) is 1. The van der Waals surface area contributed by atoms with Crippen LogP contribution in [0.4, 0.5) is 4.39 Å². The van der Waals surface area contributed by atoms with Crippen molar-refractivity contribution in [2.45, 2.75) is 39.2 Å². The zero-order valence-electron chi connectivity index (χ0n) is 16.6. The lowest BCUT2D eigenvalue weighted by molar-refractivity contribution is -0.144. The van der Waals surface area contributed by atoms with Crippen LogP contribution in [0.1, 0.15) is 48.9 Å². The molecule has 2 amide bonds. The Morgan fingerprint density at radius 1 is 1.14 bits per heavy atom. The minimum Gasteiger partial charge on any atom is -0.352 e. The topological polar surface area (TPSA) is 49.4 Å². The lowest BCUT2D eigenvalue weighted by atomic mass is 9.84. The average molecular weight is 382 g/mol. The van der Waals surface area contributed by atoms with Crippen LogP contribution in [0.15, 0.2) is 48.5 Å². The molecule has 2 aromatic rings. The molecule has 0 bridgehead atoms. The number of nitrogens with one attached hydrogen (secondary N) is 1. The highest BCUT2D eigenvalue weighted by Crippen LogP contribution is 2.31. The molecule has 2 aromatic carbocycles. The van der Waals surface area contributed by atoms with E-state index in [9.17, 15) is 14.0 Å². The molecule has 1 saturated heterocycles. The van der Waals surface area contributed by atoms with Crippen LogP contribution in [0.3, 0.4) is 0 Å². The number of amides is 2. The second kappa shape index (κ2) is 8.55. The maximum Gasteiger partial charge on any atom is 0.247 e. The molecule has 1 heterocycles. The Balaban J connectivity index is 1.84. The monoisotopic (exact) mass is 382 g/mol. The number of carbonyl (C=O) groups excluding carboxylic acids is 2. The van der Waals surface area contributed by atoms with Crippen molar-refractivity contribution in [3.63, 3.8) is 0 Å². The van der Waals surface area contributed by atoms with E-state index in [-0.39, 0.29) is 29.5 Å². The largest absolute Gasteiger partial charge is 0.352 e. The van der Waals surface area contributed by atoms with Gasteiger partial charge in [-0.3, -0.25) is 9.59 Å². The van der Waals surface area contributed by atoms with Gasteiger partial charge < -0.3 is 10.2 Å². The minimum atomic E-state index is -0.715. The highest BCUT2D eigenvalue weighted by Gasteiger charge is 2.35. The molecule has 0 radical (unpaired) electrons. The highest BCUT2D eigenvalue weighted by atomic mass is 19.1. The summed E-state index contributed by atoms with van der Waals surface area (Å²) in [5.41, 5.74) is 2.94. The molecule has 3 rings (SSSR count). The maximum atomic E-state index is 13.3. The van der Waals surface area contributed by atoms with Crippen LogP contribution in [0.25, 0.3) is 0 Å². The molecule has 0 aromatic heterocycles. The fourth-order valence-electron chi connectivity index (χ4n) is 3.77. The van der Waals surface area contributed by atoms with Crippen LogP contribution in [-0.4, -0.2) is 29.8 Å². The lowest BCUT2D eigenvalue weighted by Gasteiger charge is -2.36. The van der Waals surface area contributed by atoms with Gasteiger partial charge in [-0.25, -0.2) is 4.39 Å². The summed E-state index contributed by atoms with van der Waals surface area (Å²) in [7, 11) is 0. The first-order chi connectivity index (χ1) is 13.4. The van der Waals surface area contributed by atoms with Crippen LogP contribution in [0.5, 0.6) is 0 Å². The fraction of sp³-hybridized carbons (Fsp3) is 0.391. The Kier molecular flexibility index (Phi) is 6.12. The van der Waals surface area contributed by atoms with Gasteiger partial charge in [0, 0.05) is 19.5 Å². The average Bonchev–Trinajstić information content (AvgIpc) is 2.67. The van der Waals surface area contributed by atoms with Crippen LogP contribution in [0.2, 0.25) is 0 Å². The molecule has 0 spiro atoms. The van der Waals surface area contributed by atoms with Crippen molar-refractivity contribution in [3.05, 3.63) is 71.0 Å². The van der Waals surface area contributed by atoms with E-state index >= 15 is 0 Å². The molecular weight excluding hydrogens is 355 g/mol. The van der Waals surface area contributed by atoms with Crippen molar-refractivity contribution in [2.75, 3.05) is 13.1 Å². The summed E-state index contributed by atoms with van der Waals surface area (Å²) < 4.78 is 13.3. The van der Waals surface area contributed by atoms with E-state index in [0.717, 1.165) is 5.56 Å². The molecular formula is C23H27FN2O2. The molecule has 2 unspecified atom stereocenters. The van der Waals surface area contributed by atoms with Gasteiger partial charge in [-0.2, -0.15) is 0 Å². The first-order valence-electron chi connectivity index (χ1n) is 9.76. The lowest BCUT2D eigenvalue weighted by Crippen LogP contribution is -2.52. The third-order valence-corrected chi connectivity index (χ3v) is 5.42. The zero-order chi connectivity index (χ0) is 20.3. The molecule has 1 fully saturated rings. The van der Waals surface area contributed by atoms with Gasteiger partial charge in [-0.05, 0) is 42.0 Å². The summed E-state index contributed by atoms with van der Waals surface area (Å²) in [6.45, 7) is 7.14. The fourth-order valence-corrected chi connectivity index (χ4v) is 3.77. The first-order valence-corrected chi connectivity index (χ1v) is 9.76. The quantitative estimate of drug-likeness (QED) is 0.851. The molecule has 4 nitrogen and oxygen atoms in total. The number of aryl methyl sites for hydroxylation is 1. The smallest absolute Gasteiger partial charge is 0.247 e. The molecule has 2 atom stereocenters. The summed E-state index contributed by atoms with van der Waals surface area (Å²) in [5, 5.41) is 2.82. The minimum absolute atomic E-state index is 0.0524. The Morgan fingerprint density at radius 2 is 1.79 bits per heavy atom. The normalized spacial score (nSPS) is 18.1. The number of piperazine rings is 1. The van der Waals surface area contributed by atoms with Gasteiger partial charge in [-0.1, -0.05) is 55.8 Å². The highest BCUT2D eigenvalue weighted by molar-refractivity contribution is 5.90. The van der Waals surface area contributed by atoms with Gasteiger partial charge in [0.1, 0.15) is 11.9 Å². The third kappa shape index (κ3) is 4.41. The third-order valence-electron chi connectivity index (χ3n) is 5.42. The molecule has 1 aliphatic rings. The van der Waals surface area contributed by atoms with Crippen molar-refractivity contribution in [1.82, 2.24) is 10.2 Å². The van der Waals surface area contributed by atoms with E-state index in [1.807, 2.05) is 6.92 Å². The molecule has 5 heteroatoms. The van der Waals surface area contributed by atoms with Crippen LogP contribution in [0, 0.1) is 18.7 Å². The Bertz CT molecular complexity index is 831. The zero-order valence-corrected chi connectivity index (χ0v) is 16.6. The van der Waals surface area contributed by atoms with Crippen molar-refractivity contribution in [2.24, 2.45) is 5.92 Å². The van der Waals surface area contributed by atoms with Crippen LogP contribution < -0.4 is 5.32 Å². The molecule has 0 aliphatic carbocycles. The standard InChI is InChI=1S/C23H27FN2O2/c1-15(2)20(17-6-4-16(3)5-7-17)14-21(27)26-13-12-25-23(28)22(26)18-8-10-19(24)11-9-18/h4-11,15,20,22H,12-14H2,1-3H3,(H,25,28). The molecule has 1 N–H and O–H groups in total. The van der Waals surface area contributed by atoms with Crippen molar-refractivity contribution < 1.29 is 14.0 Å². The summed E-state index contributed by atoms with van der Waals surface area (Å²) in [4.78, 5) is 27.4. The van der Waals surface area contributed by atoms with E-state index in [1.165, 1.54) is 17.7 Å². The van der Waals surface area contributed by atoms with Gasteiger partial charge in [0.05, 0.1) is 0 Å². The van der Waals surface area contributed by atoms with Gasteiger partial charge in [-0.15, -0.1) is 0 Å². The predicted molar refractivity (Wildman–Crippen MR) is 107 cm³/mol. The van der Waals surface area contributed by atoms with Crippen LogP contribution >= 0.6 is 0 Å². The molecule has 148 valence electrons. The summed E-state index contributed by atoms with van der Waals surface area (Å²) in [6, 6.07) is 13.4. The Morgan fingerprint density at radius 3 is 2.39 bits per heavy atom. The Hall–Kier alpha value is -2.69. The van der Waals surface area contributed by atoms with Crippen molar-refractivity contribution in [3.8, 4) is 0 Å². The maximum absolute atomic E-state index is 13.3. The van der Waals surface area contributed by atoms with E-state index in [2.05, 4.69) is 43.4 Å². The molecule has 28 heavy (non-hydrogen) atoms. The van der Waals surface area contributed by atoms with Gasteiger partial charge in [0.25, 0.3) is 0 Å².